The van der Waals surface area contributed by atoms with Crippen LogP contribution in [0.4, 0.5) is 5.69 Å². The van der Waals surface area contributed by atoms with Crippen LogP contribution in [0.2, 0.25) is 0 Å². The third-order valence-electron chi connectivity index (χ3n) is 4.74. The lowest BCUT2D eigenvalue weighted by Gasteiger charge is -2.35. The summed E-state index contributed by atoms with van der Waals surface area (Å²) in [6.07, 6.45) is -0.521. The SMILES string of the molecule is COC(=O)CC1=C(C(=O)OC)[C@@]2(C(=O)Nc3ccccc32)C(C(=O)OC)=C(N)O1. The molecule has 0 saturated carbocycles. The maximum atomic E-state index is 13.3. The largest absolute Gasteiger partial charge is 0.469 e. The number of carbonyl (C=O) groups is 4. The van der Waals surface area contributed by atoms with E-state index in [1.807, 2.05) is 0 Å². The molecule has 10 nitrogen and oxygen atoms in total. The Bertz CT molecular complexity index is 994. The number of para-hydroxylation sites is 1. The predicted octanol–water partition coefficient (Wildman–Crippen LogP) is 0.240. The van der Waals surface area contributed by atoms with E-state index in [1.54, 1.807) is 24.3 Å². The number of rotatable bonds is 4. The minimum absolute atomic E-state index is 0.263. The van der Waals surface area contributed by atoms with Crippen molar-refractivity contribution < 1.29 is 38.1 Å². The average Bonchev–Trinajstić information content (AvgIpc) is 2.99. The molecule has 2 heterocycles. The van der Waals surface area contributed by atoms with Gasteiger partial charge in [-0.15, -0.1) is 0 Å². The maximum Gasteiger partial charge on any atom is 0.340 e. The van der Waals surface area contributed by atoms with Crippen molar-refractivity contribution in [3.05, 3.63) is 52.6 Å². The Labute approximate surface area is 165 Å². The molecule has 1 spiro atoms. The first-order valence-corrected chi connectivity index (χ1v) is 8.38. The standard InChI is InChI=1S/C19H18N2O8/c1-26-12(22)8-11-13(16(23)27-2)19(14(15(20)29-11)17(24)28-3)9-6-4-5-7-10(9)21-18(19)25/h4-7H,8,20H2,1-3H3,(H,21,25)/t19-/m1/s1. The van der Waals surface area contributed by atoms with E-state index in [2.05, 4.69) is 10.1 Å². The van der Waals surface area contributed by atoms with Crippen LogP contribution in [-0.2, 0) is 43.5 Å². The zero-order chi connectivity index (χ0) is 21.3. The maximum absolute atomic E-state index is 13.3. The monoisotopic (exact) mass is 402 g/mol. The van der Waals surface area contributed by atoms with Gasteiger partial charge in [0.1, 0.15) is 28.7 Å². The number of methoxy groups -OCH3 is 3. The van der Waals surface area contributed by atoms with Crippen molar-refractivity contribution in [3.8, 4) is 0 Å². The topological polar surface area (TPSA) is 143 Å². The highest BCUT2D eigenvalue weighted by atomic mass is 16.5. The molecule has 1 aromatic rings. The van der Waals surface area contributed by atoms with E-state index in [9.17, 15) is 19.2 Å². The Morgan fingerprint density at radius 1 is 1.03 bits per heavy atom. The normalized spacial score (nSPS) is 20.0. The lowest BCUT2D eigenvalue weighted by atomic mass is 9.67. The van der Waals surface area contributed by atoms with Gasteiger partial charge in [0.15, 0.2) is 0 Å². The van der Waals surface area contributed by atoms with Crippen LogP contribution < -0.4 is 11.1 Å². The first-order chi connectivity index (χ1) is 13.8. The summed E-state index contributed by atoms with van der Waals surface area (Å²) in [5.41, 5.74) is 3.82. The van der Waals surface area contributed by atoms with Gasteiger partial charge in [-0.05, 0) is 6.07 Å². The molecule has 0 aromatic heterocycles. The van der Waals surface area contributed by atoms with E-state index in [0.29, 0.717) is 5.69 Å². The van der Waals surface area contributed by atoms with Crippen LogP contribution in [0.5, 0.6) is 0 Å². The van der Waals surface area contributed by atoms with Gasteiger partial charge in [0.05, 0.1) is 21.3 Å². The second-order valence-electron chi connectivity index (χ2n) is 6.13. The highest BCUT2D eigenvalue weighted by Gasteiger charge is 2.62. The molecule has 152 valence electrons. The van der Waals surface area contributed by atoms with Crippen molar-refractivity contribution in [1.29, 1.82) is 0 Å². The minimum atomic E-state index is -2.03. The van der Waals surface area contributed by atoms with E-state index in [1.165, 1.54) is 0 Å². The number of esters is 3. The van der Waals surface area contributed by atoms with E-state index in [4.69, 9.17) is 19.9 Å². The van der Waals surface area contributed by atoms with E-state index >= 15 is 0 Å². The molecule has 3 N–H and O–H groups in total. The molecule has 0 unspecified atom stereocenters. The van der Waals surface area contributed by atoms with Crippen LogP contribution in [-0.4, -0.2) is 45.1 Å². The third-order valence-corrected chi connectivity index (χ3v) is 4.74. The molecule has 0 aliphatic carbocycles. The first kappa shape index (κ1) is 19.9. The van der Waals surface area contributed by atoms with Gasteiger partial charge in [0.2, 0.25) is 11.8 Å². The van der Waals surface area contributed by atoms with Crippen LogP contribution >= 0.6 is 0 Å². The number of hydrogen-bond acceptors (Lipinski definition) is 9. The number of amides is 1. The van der Waals surface area contributed by atoms with E-state index in [-0.39, 0.29) is 16.9 Å². The fourth-order valence-corrected chi connectivity index (χ4v) is 3.56. The van der Waals surface area contributed by atoms with Crippen LogP contribution in [0.15, 0.2) is 47.1 Å². The summed E-state index contributed by atoms with van der Waals surface area (Å²) in [5.74, 6) is -4.20. The number of benzene rings is 1. The van der Waals surface area contributed by atoms with E-state index < -0.39 is 47.1 Å². The fourth-order valence-electron chi connectivity index (χ4n) is 3.56. The van der Waals surface area contributed by atoms with Crippen molar-refractivity contribution in [2.45, 2.75) is 11.8 Å². The van der Waals surface area contributed by atoms with Gasteiger partial charge < -0.3 is 30.0 Å². The summed E-state index contributed by atoms with van der Waals surface area (Å²) in [7, 11) is 3.34. The molecular formula is C19H18N2O8. The quantitative estimate of drug-likeness (QED) is 0.534. The van der Waals surface area contributed by atoms with Crippen LogP contribution in [0.1, 0.15) is 12.0 Å². The van der Waals surface area contributed by atoms with Crippen LogP contribution in [0, 0.1) is 0 Å². The summed E-state index contributed by atoms with van der Waals surface area (Å²) in [6.45, 7) is 0. The smallest absolute Gasteiger partial charge is 0.340 e. The van der Waals surface area contributed by atoms with Crippen molar-refractivity contribution in [2.24, 2.45) is 5.73 Å². The highest BCUT2D eigenvalue weighted by molar-refractivity contribution is 6.21. The molecule has 1 amide bonds. The highest BCUT2D eigenvalue weighted by Crippen LogP contribution is 2.52. The lowest BCUT2D eigenvalue weighted by Crippen LogP contribution is -2.48. The molecule has 29 heavy (non-hydrogen) atoms. The third kappa shape index (κ3) is 2.80. The molecule has 1 aromatic carbocycles. The van der Waals surface area contributed by atoms with E-state index in [0.717, 1.165) is 21.3 Å². The average molecular weight is 402 g/mol. The Morgan fingerprint density at radius 2 is 1.66 bits per heavy atom. The summed E-state index contributed by atoms with van der Waals surface area (Å²) >= 11 is 0. The molecule has 3 rings (SSSR count). The minimum Gasteiger partial charge on any atom is -0.469 e. The van der Waals surface area contributed by atoms with Gasteiger partial charge in [-0.25, -0.2) is 9.59 Å². The summed E-state index contributed by atoms with van der Waals surface area (Å²) < 4.78 is 19.7. The molecule has 1 atom stereocenters. The van der Waals surface area contributed by atoms with Gasteiger partial charge in [-0.3, -0.25) is 9.59 Å². The lowest BCUT2D eigenvalue weighted by molar-refractivity contribution is -0.141. The number of carbonyl (C=O) groups excluding carboxylic acids is 4. The van der Waals surface area contributed by atoms with Gasteiger partial charge in [-0.2, -0.15) is 0 Å². The predicted molar refractivity (Wildman–Crippen MR) is 96.7 cm³/mol. The second-order valence-corrected chi connectivity index (χ2v) is 6.13. The summed E-state index contributed by atoms with van der Waals surface area (Å²) in [4.78, 5) is 50.7. The van der Waals surface area contributed by atoms with Crippen molar-refractivity contribution in [1.82, 2.24) is 0 Å². The molecule has 10 heteroatoms. The molecular weight excluding hydrogens is 384 g/mol. The number of nitrogens with two attached hydrogens (primary N) is 1. The second kappa shape index (κ2) is 7.30. The number of fused-ring (bicyclic) bond motifs is 2. The Morgan fingerprint density at radius 3 is 2.28 bits per heavy atom. The van der Waals surface area contributed by atoms with Gasteiger partial charge in [0, 0.05) is 11.3 Å². The number of anilines is 1. The zero-order valence-electron chi connectivity index (χ0n) is 15.9. The Balaban J connectivity index is 2.43. The number of nitrogens with one attached hydrogen (secondary N) is 1. The molecule has 0 radical (unpaired) electrons. The zero-order valence-corrected chi connectivity index (χ0v) is 15.9. The van der Waals surface area contributed by atoms with Gasteiger partial charge in [-0.1, -0.05) is 18.2 Å². The van der Waals surface area contributed by atoms with Crippen LogP contribution in [0.3, 0.4) is 0 Å². The van der Waals surface area contributed by atoms with Gasteiger partial charge >= 0.3 is 17.9 Å². The molecule has 2 aliphatic heterocycles. The number of ether oxygens (including phenoxy) is 4. The van der Waals surface area contributed by atoms with Crippen molar-refractivity contribution in [3.63, 3.8) is 0 Å². The Hall–Kier alpha value is -3.82. The Kier molecular flexibility index (Phi) is 5.02. The summed E-state index contributed by atoms with van der Waals surface area (Å²) in [5, 5.41) is 2.63. The molecule has 0 fully saturated rings. The molecule has 0 saturated heterocycles. The van der Waals surface area contributed by atoms with Gasteiger partial charge in [0.25, 0.3) is 0 Å². The number of hydrogen-bond donors (Lipinski definition) is 2. The summed E-state index contributed by atoms with van der Waals surface area (Å²) in [6, 6.07) is 6.43. The fraction of sp³-hybridized carbons (Fsp3) is 0.263. The van der Waals surface area contributed by atoms with Crippen molar-refractivity contribution in [2.75, 3.05) is 26.6 Å². The molecule has 2 aliphatic rings. The molecule has 0 bridgehead atoms. The van der Waals surface area contributed by atoms with Crippen molar-refractivity contribution >= 4 is 29.5 Å². The van der Waals surface area contributed by atoms with Crippen LogP contribution in [0.25, 0.3) is 0 Å². The first-order valence-electron chi connectivity index (χ1n) is 8.38.